The van der Waals surface area contributed by atoms with Gasteiger partial charge < -0.3 is 15.7 Å². The number of ether oxygens (including phenoxy) is 1. The summed E-state index contributed by atoms with van der Waals surface area (Å²) < 4.78 is 6.03. The molecule has 0 spiro atoms. The molecule has 3 N–H and O–H groups in total. The predicted octanol–water partition coefficient (Wildman–Crippen LogP) is 3.07. The Labute approximate surface area is 130 Å². The summed E-state index contributed by atoms with van der Waals surface area (Å²) in [5, 5.41) is 12.2. The largest absolute Gasteiger partial charge is 0.455 e. The third kappa shape index (κ3) is 3.82. The highest BCUT2D eigenvalue weighted by Gasteiger charge is 2.13. The van der Waals surface area contributed by atoms with Gasteiger partial charge in [0.25, 0.3) is 0 Å². The number of esters is 1. The van der Waals surface area contributed by atoms with Gasteiger partial charge in [0.15, 0.2) is 0 Å². The summed E-state index contributed by atoms with van der Waals surface area (Å²) in [6.45, 7) is -0.148. The van der Waals surface area contributed by atoms with Gasteiger partial charge in [-0.05, 0) is 24.3 Å². The van der Waals surface area contributed by atoms with E-state index in [2.05, 4.69) is 21.1 Å². The Morgan fingerprint density at radius 2 is 1.86 bits per heavy atom. The van der Waals surface area contributed by atoms with Crippen molar-refractivity contribution < 1.29 is 14.7 Å². The molecule has 0 saturated heterocycles. The number of carbonyl (C=O) groups is 1. The van der Waals surface area contributed by atoms with Gasteiger partial charge in [0.1, 0.15) is 12.3 Å². The Kier molecular flexibility index (Phi) is 4.94. The zero-order valence-electron chi connectivity index (χ0n) is 11.0. The zero-order chi connectivity index (χ0) is 15.2. The molecule has 0 heterocycles. The van der Waals surface area contributed by atoms with E-state index in [-0.39, 0.29) is 17.9 Å². The second kappa shape index (κ2) is 6.90. The van der Waals surface area contributed by atoms with Crippen LogP contribution in [0.15, 0.2) is 58.2 Å². The predicted molar refractivity (Wildman–Crippen MR) is 83.6 cm³/mol. The molecule has 0 atom stereocenters. The SMILES string of the molecule is Nc1ccccc1C(=O)OC/C(=N/O)c1ccc(Br)cc1. The van der Waals surface area contributed by atoms with Crippen LogP contribution in [0.25, 0.3) is 0 Å². The first kappa shape index (κ1) is 15.1. The molecule has 2 rings (SSSR count). The van der Waals surface area contributed by atoms with Crippen LogP contribution in [0.4, 0.5) is 5.69 Å². The van der Waals surface area contributed by atoms with Crippen LogP contribution in [0.3, 0.4) is 0 Å². The molecule has 2 aromatic rings. The lowest BCUT2D eigenvalue weighted by Gasteiger charge is -2.08. The standard InChI is InChI=1S/C15H13BrN2O3/c16-11-7-5-10(6-8-11)14(18-20)9-21-15(19)12-3-1-2-4-13(12)17/h1-8,20H,9,17H2/b18-14-. The molecule has 6 heteroatoms. The fourth-order valence-electron chi connectivity index (χ4n) is 1.71. The average Bonchev–Trinajstić information content (AvgIpc) is 2.49. The van der Waals surface area contributed by atoms with Crippen molar-refractivity contribution >= 4 is 33.3 Å². The number of benzene rings is 2. The van der Waals surface area contributed by atoms with Gasteiger partial charge in [-0.25, -0.2) is 4.79 Å². The lowest BCUT2D eigenvalue weighted by Crippen LogP contribution is -2.16. The molecule has 21 heavy (non-hydrogen) atoms. The van der Waals surface area contributed by atoms with Crippen LogP contribution < -0.4 is 5.73 Å². The highest BCUT2D eigenvalue weighted by Crippen LogP contribution is 2.14. The van der Waals surface area contributed by atoms with E-state index < -0.39 is 5.97 Å². The van der Waals surface area contributed by atoms with Crippen molar-refractivity contribution in [1.29, 1.82) is 0 Å². The van der Waals surface area contributed by atoms with E-state index in [9.17, 15) is 4.79 Å². The van der Waals surface area contributed by atoms with E-state index >= 15 is 0 Å². The molecule has 0 saturated carbocycles. The van der Waals surface area contributed by atoms with Crippen LogP contribution in [0, 0.1) is 0 Å². The number of rotatable bonds is 4. The molecule has 0 aliphatic heterocycles. The summed E-state index contributed by atoms with van der Waals surface area (Å²) in [5.74, 6) is -0.564. The number of para-hydroxylation sites is 1. The van der Waals surface area contributed by atoms with Gasteiger partial charge in [-0.3, -0.25) is 0 Å². The highest BCUT2D eigenvalue weighted by atomic mass is 79.9. The molecule has 0 amide bonds. The Morgan fingerprint density at radius 1 is 1.19 bits per heavy atom. The van der Waals surface area contributed by atoms with Crippen molar-refractivity contribution in [3.8, 4) is 0 Å². The maximum absolute atomic E-state index is 11.9. The molecule has 5 nitrogen and oxygen atoms in total. The molecule has 0 bridgehead atoms. The number of halogens is 1. The summed E-state index contributed by atoms with van der Waals surface area (Å²) >= 11 is 3.32. The first-order valence-electron chi connectivity index (χ1n) is 6.10. The fourth-order valence-corrected chi connectivity index (χ4v) is 1.97. The van der Waals surface area contributed by atoms with Crippen molar-refractivity contribution in [2.24, 2.45) is 5.16 Å². The van der Waals surface area contributed by atoms with Crippen molar-refractivity contribution in [3.05, 3.63) is 64.1 Å². The molecule has 0 aromatic heterocycles. The third-order valence-corrected chi connectivity index (χ3v) is 3.35. The summed E-state index contributed by atoms with van der Waals surface area (Å²) in [5.41, 5.74) is 7.24. The molecule has 108 valence electrons. The molecular formula is C15H13BrN2O3. The quantitative estimate of drug-likeness (QED) is 0.292. The van der Waals surface area contributed by atoms with E-state index in [1.165, 1.54) is 0 Å². The van der Waals surface area contributed by atoms with Crippen LogP contribution in [-0.2, 0) is 4.74 Å². The number of hydrogen-bond donors (Lipinski definition) is 2. The molecule has 0 aliphatic carbocycles. The second-order valence-electron chi connectivity index (χ2n) is 4.22. The van der Waals surface area contributed by atoms with Gasteiger partial charge in [0.2, 0.25) is 0 Å². The first-order valence-corrected chi connectivity index (χ1v) is 6.89. The molecule has 0 fully saturated rings. The minimum atomic E-state index is -0.564. The van der Waals surface area contributed by atoms with Crippen molar-refractivity contribution in [2.75, 3.05) is 12.3 Å². The number of oxime groups is 1. The summed E-state index contributed by atoms with van der Waals surface area (Å²) in [6.07, 6.45) is 0. The monoisotopic (exact) mass is 348 g/mol. The first-order chi connectivity index (χ1) is 10.1. The Morgan fingerprint density at radius 3 is 2.48 bits per heavy atom. The van der Waals surface area contributed by atoms with E-state index in [4.69, 9.17) is 15.7 Å². The topological polar surface area (TPSA) is 84.9 Å². The zero-order valence-corrected chi connectivity index (χ0v) is 12.6. The van der Waals surface area contributed by atoms with Gasteiger partial charge >= 0.3 is 5.97 Å². The summed E-state index contributed by atoms with van der Waals surface area (Å²) in [7, 11) is 0. The number of carbonyl (C=O) groups excluding carboxylic acids is 1. The van der Waals surface area contributed by atoms with Gasteiger partial charge in [0.05, 0.1) is 5.56 Å². The van der Waals surface area contributed by atoms with E-state index in [1.54, 1.807) is 48.5 Å². The van der Waals surface area contributed by atoms with Crippen LogP contribution in [0.1, 0.15) is 15.9 Å². The van der Waals surface area contributed by atoms with Gasteiger partial charge in [-0.1, -0.05) is 45.4 Å². The molecule has 0 aliphatic rings. The lowest BCUT2D eigenvalue weighted by molar-refractivity contribution is 0.0563. The number of nitrogen functional groups attached to an aromatic ring is 1. The molecule has 0 radical (unpaired) electrons. The normalized spacial score (nSPS) is 11.2. The van der Waals surface area contributed by atoms with Crippen LogP contribution in [-0.4, -0.2) is 23.5 Å². The van der Waals surface area contributed by atoms with E-state index in [0.717, 1.165) is 4.47 Å². The smallest absolute Gasteiger partial charge is 0.340 e. The Hall–Kier alpha value is -2.34. The van der Waals surface area contributed by atoms with E-state index in [0.29, 0.717) is 11.3 Å². The minimum Gasteiger partial charge on any atom is -0.455 e. The maximum atomic E-state index is 11.9. The van der Waals surface area contributed by atoms with Gasteiger partial charge in [-0.2, -0.15) is 0 Å². The molecule has 2 aromatic carbocycles. The maximum Gasteiger partial charge on any atom is 0.340 e. The van der Waals surface area contributed by atoms with Crippen molar-refractivity contribution in [3.63, 3.8) is 0 Å². The molecular weight excluding hydrogens is 336 g/mol. The summed E-state index contributed by atoms with van der Waals surface area (Å²) in [4.78, 5) is 11.9. The van der Waals surface area contributed by atoms with Crippen LogP contribution >= 0.6 is 15.9 Å². The Balaban J connectivity index is 2.06. The number of hydrogen-bond acceptors (Lipinski definition) is 5. The number of nitrogens with two attached hydrogens (primary N) is 1. The number of nitrogens with zero attached hydrogens (tertiary/aromatic N) is 1. The second-order valence-corrected chi connectivity index (χ2v) is 5.13. The average molecular weight is 349 g/mol. The minimum absolute atomic E-state index is 0.148. The number of anilines is 1. The van der Waals surface area contributed by atoms with Crippen LogP contribution in [0.2, 0.25) is 0 Å². The van der Waals surface area contributed by atoms with Crippen molar-refractivity contribution in [1.82, 2.24) is 0 Å². The lowest BCUT2D eigenvalue weighted by atomic mass is 10.1. The summed E-state index contributed by atoms with van der Waals surface area (Å²) in [6, 6.07) is 13.7. The third-order valence-electron chi connectivity index (χ3n) is 2.82. The van der Waals surface area contributed by atoms with Crippen molar-refractivity contribution in [2.45, 2.75) is 0 Å². The highest BCUT2D eigenvalue weighted by molar-refractivity contribution is 9.10. The molecule has 0 unspecified atom stereocenters. The van der Waals surface area contributed by atoms with Gasteiger partial charge in [0, 0.05) is 15.7 Å². The van der Waals surface area contributed by atoms with Crippen LogP contribution in [0.5, 0.6) is 0 Å². The Bertz CT molecular complexity index is 669. The van der Waals surface area contributed by atoms with Gasteiger partial charge in [-0.15, -0.1) is 0 Å². The fraction of sp³-hybridized carbons (Fsp3) is 0.0667. The van der Waals surface area contributed by atoms with E-state index in [1.807, 2.05) is 0 Å².